The predicted octanol–water partition coefficient (Wildman–Crippen LogP) is 9.29. The molecule has 1 aliphatic rings. The Balaban J connectivity index is 1.13. The molecule has 0 aromatic heterocycles. The smallest absolute Gasteiger partial charge is 0.388 e. The Hall–Kier alpha value is -4.07. The van der Waals surface area contributed by atoms with Crippen LogP contribution in [0.3, 0.4) is 0 Å². The largest absolute Gasteiger partial charge is 0.501 e. The lowest BCUT2D eigenvalue weighted by atomic mass is 9.84. The summed E-state index contributed by atoms with van der Waals surface area (Å²) in [4.78, 5) is 34.1. The number of nitrogens with zero attached hydrogens (tertiary/aromatic N) is 2. The van der Waals surface area contributed by atoms with Gasteiger partial charge in [-0.2, -0.15) is 13.2 Å². The molecule has 0 aliphatic carbocycles. The van der Waals surface area contributed by atoms with E-state index >= 15 is 0 Å². The number of carbonyl (C=O) groups excluding carboxylic acids is 1. The average Bonchev–Trinajstić information content (AvgIpc) is 3.29. The third kappa shape index (κ3) is 14.3. The fourth-order valence-electron chi connectivity index (χ4n) is 7.96. The van der Waals surface area contributed by atoms with Crippen molar-refractivity contribution in [2.45, 2.75) is 52.0 Å². The van der Waals surface area contributed by atoms with E-state index in [9.17, 15) is 44.5 Å². The van der Waals surface area contributed by atoms with Crippen LogP contribution < -0.4 is 4.90 Å². The molecule has 0 radical (unpaired) electrons. The van der Waals surface area contributed by atoms with Gasteiger partial charge in [0.1, 0.15) is 5.75 Å². The minimum atomic E-state index is -6.07. The number of sulfone groups is 2. The molecule has 0 bridgehead atoms. The van der Waals surface area contributed by atoms with Crippen LogP contribution in [0.2, 0.25) is 5.02 Å². The second-order valence-corrected chi connectivity index (χ2v) is 23.1. The highest BCUT2D eigenvalue weighted by atomic mass is 35.5. The summed E-state index contributed by atoms with van der Waals surface area (Å²) in [5, 5.41) is 12.1. The van der Waals surface area contributed by atoms with Crippen molar-refractivity contribution in [2.75, 3.05) is 56.2 Å². The van der Waals surface area contributed by atoms with Crippen molar-refractivity contribution in [1.82, 2.24) is 4.90 Å². The Labute approximate surface area is 398 Å². The Bertz CT molecular complexity index is 2740. The number of anilines is 1. The molecule has 3 N–H and O–H groups in total. The molecular formula is C47H51ClF3N2O10PS3. The Morgan fingerprint density at radius 1 is 0.896 bits per heavy atom. The van der Waals surface area contributed by atoms with Crippen LogP contribution in [0.1, 0.15) is 46.9 Å². The molecule has 2 atom stereocenters. The minimum Gasteiger partial charge on any atom is -0.388 e. The van der Waals surface area contributed by atoms with Gasteiger partial charge in [-0.1, -0.05) is 72.3 Å². The molecule has 5 aromatic carbocycles. The summed E-state index contributed by atoms with van der Waals surface area (Å²) in [7, 11) is -13.8. The molecule has 0 amide bonds. The highest BCUT2D eigenvalue weighted by Crippen LogP contribution is 2.39. The van der Waals surface area contributed by atoms with E-state index in [4.69, 9.17) is 21.4 Å². The summed E-state index contributed by atoms with van der Waals surface area (Å²) in [6, 6.07) is 33.1. The van der Waals surface area contributed by atoms with Gasteiger partial charge in [0.2, 0.25) is 0 Å². The van der Waals surface area contributed by atoms with Crippen LogP contribution in [0.5, 0.6) is 0 Å². The lowest BCUT2D eigenvalue weighted by Gasteiger charge is -2.36. The summed E-state index contributed by atoms with van der Waals surface area (Å²) >= 11 is 7.49. The number of phosphoric acid groups is 1. The molecule has 0 saturated carbocycles. The van der Waals surface area contributed by atoms with Gasteiger partial charge in [-0.25, -0.2) is 21.4 Å². The lowest BCUT2D eigenvalue weighted by Crippen LogP contribution is -2.35. The maximum Gasteiger partial charge on any atom is 0.501 e. The quantitative estimate of drug-likeness (QED) is 0.0360. The molecule has 12 nitrogen and oxygen atoms in total. The van der Waals surface area contributed by atoms with Gasteiger partial charge in [0.25, 0.3) is 9.84 Å². The first-order chi connectivity index (χ1) is 31.6. The van der Waals surface area contributed by atoms with Gasteiger partial charge in [-0.15, -0.1) is 11.8 Å². The fourth-order valence-corrected chi connectivity index (χ4v) is 11.8. The number of aliphatic hydroxyl groups excluding tert-OH is 1. The highest BCUT2D eigenvalue weighted by Gasteiger charge is 2.48. The molecular weight excluding hydrogens is 972 g/mol. The van der Waals surface area contributed by atoms with E-state index in [2.05, 4.69) is 9.42 Å². The topological polar surface area (TPSA) is 179 Å². The summed E-state index contributed by atoms with van der Waals surface area (Å²) in [6.45, 7) is 1.32. The Morgan fingerprint density at radius 2 is 1.54 bits per heavy atom. The number of ketones is 1. The monoisotopic (exact) mass is 1020 g/mol. The van der Waals surface area contributed by atoms with E-state index in [1.54, 1.807) is 36.2 Å². The molecule has 1 fully saturated rings. The van der Waals surface area contributed by atoms with Gasteiger partial charge >= 0.3 is 13.3 Å². The lowest BCUT2D eigenvalue weighted by molar-refractivity contribution is -0.0436. The first kappa shape index (κ1) is 52.3. The second-order valence-electron chi connectivity index (χ2n) is 16.4. The number of alkyl halides is 3. The van der Waals surface area contributed by atoms with Crippen LogP contribution >= 0.6 is 31.2 Å². The SMILES string of the molecule is CN(CCOP(=O)(O)O)CC[C@H](CSc1ccccc1)Cc1ccc(S(=O)(=O)CC(=O)c2ccc(N3CCC([C@@H](O)c4ccccc4-c4ccc(Cl)cc4)CC3)cc2)cc1S(=O)(=O)C(F)(F)F. The van der Waals surface area contributed by atoms with Gasteiger partial charge in [-0.3, -0.25) is 9.32 Å². The number of phosphoric ester groups is 1. The third-order valence-electron chi connectivity index (χ3n) is 11.7. The number of benzene rings is 5. The molecule has 1 aliphatic heterocycles. The van der Waals surface area contributed by atoms with Crippen molar-refractivity contribution in [3.8, 4) is 11.1 Å². The van der Waals surface area contributed by atoms with Crippen molar-refractivity contribution in [1.29, 1.82) is 0 Å². The van der Waals surface area contributed by atoms with Gasteiger partial charge in [0, 0.05) is 46.6 Å². The number of Topliss-reactive ketones (excluding diaryl/α,β-unsaturated/α-hetero) is 1. The van der Waals surface area contributed by atoms with E-state index in [0.717, 1.165) is 39.4 Å². The minimum absolute atomic E-state index is 0.0268. The zero-order chi connectivity index (χ0) is 48.6. The molecule has 6 rings (SSSR count). The maximum absolute atomic E-state index is 14.2. The Kier molecular flexibility index (Phi) is 17.6. The molecule has 1 saturated heterocycles. The number of hydrogen-bond donors (Lipinski definition) is 3. The average molecular weight is 1020 g/mol. The molecule has 67 heavy (non-hydrogen) atoms. The molecule has 5 aromatic rings. The number of halogens is 4. The van der Waals surface area contributed by atoms with Crippen molar-refractivity contribution in [3.63, 3.8) is 0 Å². The van der Waals surface area contributed by atoms with Crippen LogP contribution in [0.15, 0.2) is 136 Å². The highest BCUT2D eigenvalue weighted by molar-refractivity contribution is 7.99. The van der Waals surface area contributed by atoms with Crippen LogP contribution in [0.4, 0.5) is 18.9 Å². The summed E-state index contributed by atoms with van der Waals surface area (Å²) in [6.07, 6.45) is 0.746. The van der Waals surface area contributed by atoms with Gasteiger partial charge < -0.3 is 24.7 Å². The van der Waals surface area contributed by atoms with Crippen molar-refractivity contribution < 1.29 is 58.8 Å². The normalized spacial score (nSPS) is 15.1. The number of likely N-dealkylation sites (N-methyl/N-ethyl adjacent to an activating group) is 1. The maximum atomic E-state index is 14.2. The van der Waals surface area contributed by atoms with Crippen LogP contribution in [0.25, 0.3) is 11.1 Å². The van der Waals surface area contributed by atoms with E-state index < -0.39 is 66.4 Å². The van der Waals surface area contributed by atoms with Gasteiger partial charge in [0.15, 0.2) is 15.6 Å². The summed E-state index contributed by atoms with van der Waals surface area (Å²) < 4.78 is 112. The summed E-state index contributed by atoms with van der Waals surface area (Å²) in [5.74, 6) is -2.12. The fraction of sp³-hybridized carbons (Fsp3) is 0.340. The van der Waals surface area contributed by atoms with Crippen molar-refractivity contribution in [3.05, 3.63) is 143 Å². The van der Waals surface area contributed by atoms with Gasteiger partial charge in [-0.05, 0) is 134 Å². The third-order valence-corrected chi connectivity index (χ3v) is 16.9. The van der Waals surface area contributed by atoms with Crippen molar-refractivity contribution in [2.24, 2.45) is 11.8 Å². The first-order valence-electron chi connectivity index (χ1n) is 21.3. The van der Waals surface area contributed by atoms with Crippen LogP contribution in [0, 0.1) is 11.8 Å². The number of aliphatic hydroxyl groups is 1. The number of rotatable bonds is 21. The molecule has 0 unspecified atom stereocenters. The zero-order valence-electron chi connectivity index (χ0n) is 36.3. The standard InChI is InChI=1S/C47H51ClF3N2O10PS3/c1-52(27-28-63-64(56,57)58)24-21-33(31-65-40-7-3-2-4-8-40)29-37-15-20-41(30-45(37)67(61,62)47(49,50)51)66(59,60)32-44(54)35-13-18-39(19-14-35)53-25-22-36(23-26-53)46(55)43-10-6-5-9-42(43)34-11-16-38(48)17-12-34/h2-20,30,33,36,46,55H,21-29,31-32H2,1H3,(H2,56,57,58)/t33-,46+/m0/s1. The van der Waals surface area contributed by atoms with E-state index in [0.29, 0.717) is 55.7 Å². The van der Waals surface area contributed by atoms with E-state index in [1.807, 2.05) is 66.7 Å². The first-order valence-corrected chi connectivity index (χ1v) is 27.3. The van der Waals surface area contributed by atoms with Gasteiger partial charge in [0.05, 0.1) is 22.5 Å². The van der Waals surface area contributed by atoms with E-state index in [1.165, 1.54) is 23.9 Å². The number of piperidine rings is 1. The van der Waals surface area contributed by atoms with Crippen LogP contribution in [-0.2, 0) is 35.2 Å². The van der Waals surface area contributed by atoms with Crippen LogP contribution in [-0.4, -0.2) is 99.3 Å². The number of carbonyl (C=O) groups is 1. The number of hydrogen-bond acceptors (Lipinski definition) is 11. The molecule has 1 heterocycles. The zero-order valence-corrected chi connectivity index (χ0v) is 40.4. The number of thioether (sulfide) groups is 1. The molecule has 20 heteroatoms. The molecule has 0 spiro atoms. The Morgan fingerprint density at radius 3 is 2.18 bits per heavy atom. The van der Waals surface area contributed by atoms with E-state index in [-0.39, 0.29) is 36.6 Å². The summed E-state index contributed by atoms with van der Waals surface area (Å²) in [5.41, 5.74) is -2.54. The second kappa shape index (κ2) is 22.6. The predicted molar refractivity (Wildman–Crippen MR) is 254 cm³/mol. The van der Waals surface area contributed by atoms with Crippen molar-refractivity contribution >= 4 is 62.3 Å². The molecule has 360 valence electrons.